The van der Waals surface area contributed by atoms with Gasteiger partial charge in [-0.05, 0) is 12.5 Å². The quantitative estimate of drug-likeness (QED) is 0.520. The maximum absolute atomic E-state index is 12.0. The monoisotopic (exact) mass is 178 g/mol. The molecule has 0 aliphatic heterocycles. The van der Waals surface area contributed by atoms with E-state index in [-0.39, 0.29) is 6.42 Å². The fraction of sp³-hybridized carbons (Fsp3) is 0.250. The summed E-state index contributed by atoms with van der Waals surface area (Å²) in [5.41, 5.74) is -0.734. The lowest BCUT2D eigenvalue weighted by Crippen LogP contribution is -2.10. The first kappa shape index (κ1) is 10.8. The van der Waals surface area contributed by atoms with E-state index in [1.54, 1.807) is 0 Å². The standard InChI is InChI=1S/C8H9F3O/c1-2-4-7(5-3-6-12)8(9,10)11/h2-4,6,12H,1,5H2/b6-3+,7-4+. The third kappa shape index (κ3) is 3.85. The van der Waals surface area contributed by atoms with Crippen LogP contribution in [0.15, 0.2) is 36.6 Å². The lowest BCUT2D eigenvalue weighted by molar-refractivity contribution is -0.0929. The molecule has 0 aromatic heterocycles. The summed E-state index contributed by atoms with van der Waals surface area (Å²) in [4.78, 5) is 0. The van der Waals surface area contributed by atoms with Crippen molar-refractivity contribution in [3.8, 4) is 0 Å². The Morgan fingerprint density at radius 2 is 2.00 bits per heavy atom. The van der Waals surface area contributed by atoms with Gasteiger partial charge in [0.05, 0.1) is 6.26 Å². The molecular formula is C8H9F3O. The normalized spacial score (nSPS) is 13.8. The van der Waals surface area contributed by atoms with Crippen LogP contribution in [0, 0.1) is 0 Å². The van der Waals surface area contributed by atoms with E-state index >= 15 is 0 Å². The lowest BCUT2D eigenvalue weighted by Gasteiger charge is -2.07. The molecule has 0 heterocycles. The highest BCUT2D eigenvalue weighted by Crippen LogP contribution is 2.28. The molecular weight excluding hydrogens is 169 g/mol. The van der Waals surface area contributed by atoms with E-state index in [1.165, 1.54) is 0 Å². The van der Waals surface area contributed by atoms with Gasteiger partial charge < -0.3 is 5.11 Å². The maximum atomic E-state index is 12.0. The van der Waals surface area contributed by atoms with E-state index in [1.807, 2.05) is 0 Å². The zero-order valence-corrected chi connectivity index (χ0v) is 6.30. The van der Waals surface area contributed by atoms with Gasteiger partial charge in [-0.3, -0.25) is 0 Å². The molecule has 0 aromatic rings. The SMILES string of the molecule is C=C/C=C(\C/C=C/O)C(F)(F)F. The van der Waals surface area contributed by atoms with Crippen molar-refractivity contribution in [2.45, 2.75) is 12.6 Å². The summed E-state index contributed by atoms with van der Waals surface area (Å²) in [6, 6.07) is 0. The van der Waals surface area contributed by atoms with Crippen LogP contribution >= 0.6 is 0 Å². The van der Waals surface area contributed by atoms with Crippen LogP contribution < -0.4 is 0 Å². The second kappa shape index (κ2) is 4.64. The number of rotatable bonds is 3. The van der Waals surface area contributed by atoms with E-state index in [0.29, 0.717) is 6.26 Å². The van der Waals surface area contributed by atoms with E-state index < -0.39 is 11.7 Å². The lowest BCUT2D eigenvalue weighted by atomic mass is 10.1. The third-order valence-electron chi connectivity index (χ3n) is 1.13. The Morgan fingerprint density at radius 3 is 2.33 bits per heavy atom. The smallest absolute Gasteiger partial charge is 0.412 e. The van der Waals surface area contributed by atoms with Crippen LogP contribution in [-0.4, -0.2) is 11.3 Å². The van der Waals surface area contributed by atoms with Gasteiger partial charge in [0.15, 0.2) is 0 Å². The molecule has 0 aliphatic rings. The van der Waals surface area contributed by atoms with Gasteiger partial charge in [0.25, 0.3) is 0 Å². The van der Waals surface area contributed by atoms with Crippen molar-refractivity contribution in [1.82, 2.24) is 0 Å². The largest absolute Gasteiger partial charge is 0.516 e. The predicted octanol–water partition coefficient (Wildman–Crippen LogP) is 3.12. The average Bonchev–Trinajstić information content (AvgIpc) is 1.95. The summed E-state index contributed by atoms with van der Waals surface area (Å²) in [5, 5.41) is 8.15. The summed E-state index contributed by atoms with van der Waals surface area (Å²) >= 11 is 0. The van der Waals surface area contributed by atoms with Crippen molar-refractivity contribution in [3.63, 3.8) is 0 Å². The number of halogens is 3. The zero-order valence-electron chi connectivity index (χ0n) is 6.30. The highest BCUT2D eigenvalue weighted by molar-refractivity contribution is 5.18. The van der Waals surface area contributed by atoms with Crippen LogP contribution in [0.3, 0.4) is 0 Å². The first-order valence-corrected chi connectivity index (χ1v) is 3.20. The minimum absolute atomic E-state index is 0.341. The second-order valence-electron chi connectivity index (χ2n) is 2.01. The summed E-state index contributed by atoms with van der Waals surface area (Å²) in [7, 11) is 0. The minimum Gasteiger partial charge on any atom is -0.516 e. The summed E-state index contributed by atoms with van der Waals surface area (Å²) in [5.74, 6) is 0. The Bertz CT molecular complexity index is 201. The first-order chi connectivity index (χ1) is 5.52. The van der Waals surface area contributed by atoms with E-state index in [9.17, 15) is 13.2 Å². The molecule has 0 rings (SSSR count). The first-order valence-electron chi connectivity index (χ1n) is 3.20. The molecule has 0 aromatic carbocycles. The molecule has 68 valence electrons. The predicted molar refractivity (Wildman–Crippen MR) is 40.7 cm³/mol. The van der Waals surface area contributed by atoms with Crippen LogP contribution in [0.4, 0.5) is 13.2 Å². The van der Waals surface area contributed by atoms with Crippen molar-refractivity contribution >= 4 is 0 Å². The molecule has 0 amide bonds. The van der Waals surface area contributed by atoms with E-state index in [2.05, 4.69) is 6.58 Å². The van der Waals surface area contributed by atoms with Gasteiger partial charge in [0.1, 0.15) is 0 Å². The fourth-order valence-electron chi connectivity index (χ4n) is 0.600. The molecule has 0 aliphatic carbocycles. The Morgan fingerprint density at radius 1 is 1.42 bits per heavy atom. The van der Waals surface area contributed by atoms with Crippen LogP contribution in [-0.2, 0) is 0 Å². The van der Waals surface area contributed by atoms with Gasteiger partial charge >= 0.3 is 6.18 Å². The molecule has 12 heavy (non-hydrogen) atoms. The molecule has 0 fully saturated rings. The molecule has 1 nitrogen and oxygen atoms in total. The Labute approximate surface area is 68.5 Å². The number of alkyl halides is 3. The number of aliphatic hydroxyl groups excluding tert-OH is 1. The van der Waals surface area contributed by atoms with Crippen molar-refractivity contribution < 1.29 is 18.3 Å². The Balaban J connectivity index is 4.45. The topological polar surface area (TPSA) is 20.2 Å². The van der Waals surface area contributed by atoms with E-state index in [0.717, 1.165) is 18.2 Å². The Hall–Kier alpha value is -1.19. The van der Waals surface area contributed by atoms with Gasteiger partial charge in [-0.1, -0.05) is 18.7 Å². The molecule has 0 atom stereocenters. The Kier molecular flexibility index (Phi) is 4.18. The highest BCUT2D eigenvalue weighted by Gasteiger charge is 2.31. The van der Waals surface area contributed by atoms with Gasteiger partial charge in [0.2, 0.25) is 0 Å². The average molecular weight is 178 g/mol. The van der Waals surface area contributed by atoms with Gasteiger partial charge in [0, 0.05) is 5.57 Å². The van der Waals surface area contributed by atoms with Crippen molar-refractivity contribution in [3.05, 3.63) is 36.6 Å². The minimum atomic E-state index is -4.35. The van der Waals surface area contributed by atoms with Crippen molar-refractivity contribution in [2.75, 3.05) is 0 Å². The molecule has 0 saturated heterocycles. The summed E-state index contributed by atoms with van der Waals surface area (Å²) in [6.07, 6.45) is -1.15. The second-order valence-corrected chi connectivity index (χ2v) is 2.01. The molecule has 0 bridgehead atoms. The number of allylic oxidation sites excluding steroid dienone is 4. The fourth-order valence-corrected chi connectivity index (χ4v) is 0.600. The summed E-state index contributed by atoms with van der Waals surface area (Å²) < 4.78 is 36.0. The zero-order chi connectivity index (χ0) is 9.61. The van der Waals surface area contributed by atoms with Gasteiger partial charge in [-0.2, -0.15) is 13.2 Å². The molecule has 0 unspecified atom stereocenters. The van der Waals surface area contributed by atoms with Crippen LogP contribution in [0.1, 0.15) is 6.42 Å². The van der Waals surface area contributed by atoms with Crippen LogP contribution in [0.2, 0.25) is 0 Å². The number of hydrogen-bond acceptors (Lipinski definition) is 1. The molecule has 0 spiro atoms. The van der Waals surface area contributed by atoms with Crippen molar-refractivity contribution in [2.24, 2.45) is 0 Å². The molecule has 0 saturated carbocycles. The maximum Gasteiger partial charge on any atom is 0.412 e. The van der Waals surface area contributed by atoms with Crippen molar-refractivity contribution in [1.29, 1.82) is 0 Å². The van der Waals surface area contributed by atoms with Gasteiger partial charge in [-0.25, -0.2) is 0 Å². The molecule has 1 N–H and O–H groups in total. The number of hydrogen-bond donors (Lipinski definition) is 1. The summed E-state index contributed by atoms with van der Waals surface area (Å²) in [6.45, 7) is 3.16. The van der Waals surface area contributed by atoms with E-state index in [4.69, 9.17) is 5.11 Å². The highest BCUT2D eigenvalue weighted by atomic mass is 19.4. The van der Waals surface area contributed by atoms with Crippen LogP contribution in [0.5, 0.6) is 0 Å². The van der Waals surface area contributed by atoms with Gasteiger partial charge in [-0.15, -0.1) is 0 Å². The number of aliphatic hydroxyl groups is 1. The third-order valence-corrected chi connectivity index (χ3v) is 1.13. The van der Waals surface area contributed by atoms with Crippen LogP contribution in [0.25, 0.3) is 0 Å². The molecule has 0 radical (unpaired) electrons. The molecule has 4 heteroatoms.